The molecule has 0 bridgehead atoms. The third kappa shape index (κ3) is 3.58. The van der Waals surface area contributed by atoms with Gasteiger partial charge in [0.25, 0.3) is 0 Å². The lowest BCUT2D eigenvalue weighted by Crippen LogP contribution is -2.28. The molecule has 0 aromatic heterocycles. The van der Waals surface area contributed by atoms with Crippen molar-refractivity contribution in [2.75, 3.05) is 23.9 Å². The second kappa shape index (κ2) is 7.11. The van der Waals surface area contributed by atoms with E-state index in [0.717, 1.165) is 0 Å². The molecule has 5 nitrogen and oxygen atoms in total. The van der Waals surface area contributed by atoms with Crippen LogP contribution in [-0.4, -0.2) is 25.5 Å². The summed E-state index contributed by atoms with van der Waals surface area (Å²) in [4.78, 5) is 26.3. The van der Waals surface area contributed by atoms with Gasteiger partial charge in [-0.1, -0.05) is 23.7 Å². The molecule has 0 saturated carbocycles. The van der Waals surface area contributed by atoms with Gasteiger partial charge in [0, 0.05) is 18.7 Å². The second-order valence-corrected chi connectivity index (χ2v) is 6.10. The minimum absolute atomic E-state index is 0.0732. The maximum Gasteiger partial charge on any atom is 0.229 e. The summed E-state index contributed by atoms with van der Waals surface area (Å²) in [5.74, 6) is -0.961. The van der Waals surface area contributed by atoms with Crippen molar-refractivity contribution in [3.05, 3.63) is 53.3 Å². The highest BCUT2D eigenvalue weighted by Gasteiger charge is 2.36. The molecule has 1 aliphatic heterocycles. The minimum atomic E-state index is -0.557. The number of carbonyl (C=O) groups excluding carboxylic acids is 2. The Morgan fingerprint density at radius 1 is 1.32 bits per heavy atom. The molecule has 2 amide bonds. The fourth-order valence-corrected chi connectivity index (χ4v) is 2.97. The Morgan fingerprint density at radius 2 is 2.08 bits per heavy atom. The number of ether oxygens (including phenoxy) is 1. The highest BCUT2D eigenvalue weighted by molar-refractivity contribution is 6.31. The normalized spacial score (nSPS) is 16.8. The molecule has 7 heteroatoms. The van der Waals surface area contributed by atoms with E-state index in [9.17, 15) is 14.0 Å². The molecule has 1 fully saturated rings. The van der Waals surface area contributed by atoms with E-state index in [1.807, 2.05) is 6.07 Å². The highest BCUT2D eigenvalue weighted by Crippen LogP contribution is 2.33. The van der Waals surface area contributed by atoms with Crippen molar-refractivity contribution < 1.29 is 18.7 Å². The van der Waals surface area contributed by atoms with Gasteiger partial charge in [-0.05, 0) is 30.3 Å². The zero-order valence-corrected chi connectivity index (χ0v) is 14.2. The summed E-state index contributed by atoms with van der Waals surface area (Å²) in [5, 5.41) is 2.60. The molecular weight excluding hydrogens is 347 g/mol. The lowest BCUT2D eigenvalue weighted by Gasteiger charge is -2.19. The topological polar surface area (TPSA) is 58.6 Å². The molecule has 0 spiro atoms. The number of para-hydroxylation sites is 2. The maximum atomic E-state index is 13.2. The number of nitrogens with zero attached hydrogens (tertiary/aromatic N) is 1. The quantitative estimate of drug-likeness (QED) is 0.905. The van der Waals surface area contributed by atoms with Crippen LogP contribution in [0.25, 0.3) is 0 Å². The van der Waals surface area contributed by atoms with Gasteiger partial charge in [-0.3, -0.25) is 9.59 Å². The van der Waals surface area contributed by atoms with Gasteiger partial charge >= 0.3 is 0 Å². The standard InChI is InChI=1S/C18H16ClFN2O3/c1-25-16-5-3-2-4-15(16)22-10-11(8-17(22)23)18(24)21-12-6-7-14(20)13(19)9-12/h2-7,9,11H,8,10H2,1H3,(H,21,24)/t11-/m0/s1. The lowest BCUT2D eigenvalue weighted by molar-refractivity contribution is -0.122. The number of methoxy groups -OCH3 is 1. The van der Waals surface area contributed by atoms with Crippen molar-refractivity contribution in [2.24, 2.45) is 5.92 Å². The van der Waals surface area contributed by atoms with Crippen LogP contribution in [0.5, 0.6) is 5.75 Å². The first-order chi connectivity index (χ1) is 12.0. The van der Waals surface area contributed by atoms with Gasteiger partial charge in [-0.15, -0.1) is 0 Å². The molecule has 0 radical (unpaired) electrons. The fourth-order valence-electron chi connectivity index (χ4n) is 2.79. The average Bonchev–Trinajstić information content (AvgIpc) is 3.00. The predicted molar refractivity (Wildman–Crippen MR) is 93.5 cm³/mol. The number of halogens is 2. The molecule has 0 aliphatic carbocycles. The van der Waals surface area contributed by atoms with Crippen LogP contribution in [0.3, 0.4) is 0 Å². The number of rotatable bonds is 4. The molecule has 1 atom stereocenters. The van der Waals surface area contributed by atoms with Crippen LogP contribution >= 0.6 is 11.6 Å². The molecule has 0 unspecified atom stereocenters. The van der Waals surface area contributed by atoms with Crippen molar-refractivity contribution in [1.29, 1.82) is 0 Å². The van der Waals surface area contributed by atoms with E-state index in [1.165, 1.54) is 25.3 Å². The maximum absolute atomic E-state index is 13.2. The number of nitrogens with one attached hydrogen (secondary N) is 1. The summed E-state index contributed by atoms with van der Waals surface area (Å²) in [6.45, 7) is 0.250. The fraction of sp³-hybridized carbons (Fsp3) is 0.222. The summed E-state index contributed by atoms with van der Waals surface area (Å²) in [6, 6.07) is 11.1. The minimum Gasteiger partial charge on any atom is -0.495 e. The van der Waals surface area contributed by atoms with Gasteiger partial charge < -0.3 is 15.0 Å². The van der Waals surface area contributed by atoms with E-state index in [2.05, 4.69) is 5.32 Å². The van der Waals surface area contributed by atoms with Crippen LogP contribution in [-0.2, 0) is 9.59 Å². The number of benzene rings is 2. The van der Waals surface area contributed by atoms with Crippen molar-refractivity contribution in [2.45, 2.75) is 6.42 Å². The van der Waals surface area contributed by atoms with Crippen molar-refractivity contribution >= 4 is 34.8 Å². The number of carbonyl (C=O) groups is 2. The Kier molecular flexibility index (Phi) is 4.90. The van der Waals surface area contributed by atoms with Crippen molar-refractivity contribution in [1.82, 2.24) is 0 Å². The third-order valence-corrected chi connectivity index (χ3v) is 4.35. The van der Waals surface area contributed by atoms with E-state index in [4.69, 9.17) is 16.3 Å². The van der Waals surface area contributed by atoms with Gasteiger partial charge in [0.1, 0.15) is 11.6 Å². The summed E-state index contributed by atoms with van der Waals surface area (Å²) < 4.78 is 18.5. The van der Waals surface area contributed by atoms with E-state index < -0.39 is 11.7 Å². The van der Waals surface area contributed by atoms with Crippen molar-refractivity contribution in [3.63, 3.8) is 0 Å². The first kappa shape index (κ1) is 17.2. The van der Waals surface area contributed by atoms with Crippen molar-refractivity contribution in [3.8, 4) is 5.75 Å². The highest BCUT2D eigenvalue weighted by atomic mass is 35.5. The molecule has 25 heavy (non-hydrogen) atoms. The molecule has 2 aromatic rings. The molecule has 1 heterocycles. The molecule has 1 aliphatic rings. The summed E-state index contributed by atoms with van der Waals surface area (Å²) >= 11 is 5.71. The van der Waals surface area contributed by atoms with Crippen LogP contribution in [0.1, 0.15) is 6.42 Å². The smallest absolute Gasteiger partial charge is 0.229 e. The Morgan fingerprint density at radius 3 is 2.80 bits per heavy atom. The molecule has 130 valence electrons. The second-order valence-electron chi connectivity index (χ2n) is 5.70. The molecular formula is C18H16ClFN2O3. The largest absolute Gasteiger partial charge is 0.495 e. The van der Waals surface area contributed by atoms with Gasteiger partial charge in [0.2, 0.25) is 11.8 Å². The monoisotopic (exact) mass is 362 g/mol. The van der Waals surface area contributed by atoms with E-state index in [1.54, 1.807) is 23.1 Å². The lowest BCUT2D eigenvalue weighted by atomic mass is 10.1. The number of anilines is 2. The zero-order valence-electron chi connectivity index (χ0n) is 13.5. The Bertz CT molecular complexity index is 828. The zero-order chi connectivity index (χ0) is 18.0. The Hall–Kier alpha value is -2.60. The van der Waals surface area contributed by atoms with Crippen LogP contribution in [0.15, 0.2) is 42.5 Å². The van der Waals surface area contributed by atoms with Gasteiger partial charge in [-0.25, -0.2) is 4.39 Å². The molecule has 1 saturated heterocycles. The van der Waals surface area contributed by atoms with Gasteiger partial charge in [0.05, 0.1) is 23.7 Å². The van der Waals surface area contributed by atoms with Crippen LogP contribution in [0, 0.1) is 11.7 Å². The Balaban J connectivity index is 1.73. The summed E-state index contributed by atoms with van der Waals surface area (Å²) in [6.07, 6.45) is 0.0960. The first-order valence-corrected chi connectivity index (χ1v) is 8.06. The summed E-state index contributed by atoms with van der Waals surface area (Å²) in [7, 11) is 1.53. The third-order valence-electron chi connectivity index (χ3n) is 4.06. The van der Waals surface area contributed by atoms with Crippen LogP contribution in [0.2, 0.25) is 5.02 Å². The number of hydrogen-bond donors (Lipinski definition) is 1. The van der Waals surface area contributed by atoms with Gasteiger partial charge in [-0.2, -0.15) is 0 Å². The predicted octanol–water partition coefficient (Wildman–Crippen LogP) is 3.48. The van der Waals surface area contributed by atoms with Crippen LogP contribution in [0.4, 0.5) is 15.8 Å². The average molecular weight is 363 g/mol. The SMILES string of the molecule is COc1ccccc1N1C[C@@H](C(=O)Nc2ccc(F)c(Cl)c2)CC1=O. The van der Waals surface area contributed by atoms with E-state index in [-0.39, 0.29) is 29.8 Å². The Labute approximate surface area is 149 Å². The number of amides is 2. The summed E-state index contributed by atoms with van der Waals surface area (Å²) in [5.41, 5.74) is 1.02. The molecule has 2 aromatic carbocycles. The number of hydrogen-bond acceptors (Lipinski definition) is 3. The first-order valence-electron chi connectivity index (χ1n) is 7.69. The van der Waals surface area contributed by atoms with E-state index in [0.29, 0.717) is 17.1 Å². The van der Waals surface area contributed by atoms with Crippen LogP contribution < -0.4 is 15.0 Å². The van der Waals surface area contributed by atoms with E-state index >= 15 is 0 Å². The molecule has 3 rings (SSSR count). The molecule has 1 N–H and O–H groups in total. The van der Waals surface area contributed by atoms with Gasteiger partial charge in [0.15, 0.2) is 0 Å².